The number of fused-ring (bicyclic) bond motifs is 6. The van der Waals surface area contributed by atoms with Crippen LogP contribution in [-0.2, 0) is 5.41 Å². The number of ether oxygens (including phenoxy) is 1. The van der Waals surface area contributed by atoms with Crippen LogP contribution >= 0.6 is 0 Å². The number of benzene rings is 3. The Kier molecular flexibility index (Phi) is 4.65. The van der Waals surface area contributed by atoms with Gasteiger partial charge in [-0.25, -0.2) is 9.97 Å². The van der Waals surface area contributed by atoms with Crippen LogP contribution in [0.25, 0.3) is 21.5 Å². The highest BCUT2D eigenvalue weighted by molar-refractivity contribution is 6.02. The van der Waals surface area contributed by atoms with Crippen LogP contribution < -0.4 is 9.64 Å². The lowest BCUT2D eigenvalue weighted by Gasteiger charge is -2.34. The third-order valence-electron chi connectivity index (χ3n) is 7.00. The Balaban J connectivity index is 1.72. The molecule has 174 valence electrons. The van der Waals surface area contributed by atoms with Crippen molar-refractivity contribution in [3.05, 3.63) is 89.2 Å². The fourth-order valence-electron chi connectivity index (χ4n) is 5.21. The molecular formula is C31H29N3O. The van der Waals surface area contributed by atoms with Gasteiger partial charge in [-0.3, -0.25) is 4.90 Å². The average molecular weight is 460 g/mol. The monoisotopic (exact) mass is 459 g/mol. The number of anilines is 3. The van der Waals surface area contributed by atoms with E-state index in [1.807, 2.05) is 24.5 Å². The van der Waals surface area contributed by atoms with Crippen molar-refractivity contribution in [3.63, 3.8) is 0 Å². The number of aromatic nitrogens is 2. The summed E-state index contributed by atoms with van der Waals surface area (Å²) in [5.74, 6) is 3.10. The number of pyridine rings is 2. The van der Waals surface area contributed by atoms with Crippen molar-refractivity contribution >= 4 is 38.9 Å². The van der Waals surface area contributed by atoms with Crippen LogP contribution in [0.15, 0.2) is 67.0 Å². The molecule has 0 bridgehead atoms. The Morgan fingerprint density at radius 1 is 0.714 bits per heavy atom. The lowest BCUT2D eigenvalue weighted by Crippen LogP contribution is -2.21. The van der Waals surface area contributed by atoms with Crippen molar-refractivity contribution in [1.82, 2.24) is 9.97 Å². The van der Waals surface area contributed by atoms with Gasteiger partial charge in [0.1, 0.15) is 0 Å². The SMILES string of the molecule is Cc1cc(C(C)(C)C)cc(C)c1N1c2ncc3ccccc3c2Oc2c1ncc1cccc(C)c21. The second-order valence-electron chi connectivity index (χ2n) is 10.6. The van der Waals surface area contributed by atoms with E-state index >= 15 is 0 Å². The van der Waals surface area contributed by atoms with E-state index in [1.165, 1.54) is 16.7 Å². The molecule has 3 aromatic carbocycles. The fourth-order valence-corrected chi connectivity index (χ4v) is 5.21. The highest BCUT2D eigenvalue weighted by Gasteiger charge is 2.33. The maximum atomic E-state index is 6.73. The molecule has 0 spiro atoms. The fraction of sp³-hybridized carbons (Fsp3) is 0.226. The highest BCUT2D eigenvalue weighted by atomic mass is 16.5. The Bertz CT molecular complexity index is 1620. The number of hydrogen-bond acceptors (Lipinski definition) is 4. The van der Waals surface area contributed by atoms with E-state index in [2.05, 4.69) is 88.9 Å². The largest absolute Gasteiger partial charge is 0.448 e. The molecule has 0 saturated heterocycles. The van der Waals surface area contributed by atoms with Gasteiger partial charge < -0.3 is 4.74 Å². The molecule has 3 heterocycles. The van der Waals surface area contributed by atoms with Gasteiger partial charge in [-0.2, -0.15) is 0 Å². The lowest BCUT2D eigenvalue weighted by atomic mass is 9.84. The number of nitrogens with zero attached hydrogens (tertiary/aromatic N) is 3. The third-order valence-corrected chi connectivity index (χ3v) is 7.00. The van der Waals surface area contributed by atoms with E-state index < -0.39 is 0 Å². The second kappa shape index (κ2) is 7.54. The summed E-state index contributed by atoms with van der Waals surface area (Å²) >= 11 is 0. The molecular weight excluding hydrogens is 430 g/mol. The maximum Gasteiger partial charge on any atom is 0.183 e. The minimum absolute atomic E-state index is 0.0644. The molecule has 0 atom stereocenters. The Hall–Kier alpha value is -3.92. The van der Waals surface area contributed by atoms with E-state index in [1.54, 1.807) is 0 Å². The Morgan fingerprint density at radius 2 is 1.34 bits per heavy atom. The second-order valence-corrected chi connectivity index (χ2v) is 10.6. The van der Waals surface area contributed by atoms with Gasteiger partial charge in [0, 0.05) is 33.9 Å². The van der Waals surface area contributed by atoms with Crippen molar-refractivity contribution in [3.8, 4) is 11.5 Å². The molecule has 0 unspecified atom stereocenters. The van der Waals surface area contributed by atoms with Crippen LogP contribution in [0.2, 0.25) is 0 Å². The van der Waals surface area contributed by atoms with Crippen molar-refractivity contribution in [2.24, 2.45) is 0 Å². The quantitative estimate of drug-likeness (QED) is 0.247. The van der Waals surface area contributed by atoms with E-state index in [0.717, 1.165) is 55.9 Å². The first-order valence-corrected chi connectivity index (χ1v) is 12.1. The zero-order chi connectivity index (χ0) is 24.5. The van der Waals surface area contributed by atoms with Crippen LogP contribution in [0.3, 0.4) is 0 Å². The van der Waals surface area contributed by atoms with Crippen molar-refractivity contribution in [1.29, 1.82) is 0 Å². The summed E-state index contributed by atoms with van der Waals surface area (Å²) in [4.78, 5) is 12.1. The summed E-state index contributed by atoms with van der Waals surface area (Å²) in [7, 11) is 0. The number of hydrogen-bond donors (Lipinski definition) is 0. The predicted octanol–water partition coefficient (Wildman–Crippen LogP) is 8.58. The Labute approximate surface area is 206 Å². The zero-order valence-corrected chi connectivity index (χ0v) is 21.1. The van der Waals surface area contributed by atoms with E-state index in [4.69, 9.17) is 14.7 Å². The first kappa shape index (κ1) is 21.6. The minimum Gasteiger partial charge on any atom is -0.448 e. The molecule has 4 heteroatoms. The molecule has 0 N–H and O–H groups in total. The summed E-state index contributed by atoms with van der Waals surface area (Å²) in [5.41, 5.74) is 6.03. The van der Waals surface area contributed by atoms with Crippen molar-refractivity contribution in [2.45, 2.75) is 47.0 Å². The molecule has 5 aromatic rings. The van der Waals surface area contributed by atoms with E-state index in [0.29, 0.717) is 0 Å². The first-order chi connectivity index (χ1) is 16.7. The van der Waals surface area contributed by atoms with Crippen molar-refractivity contribution in [2.75, 3.05) is 4.90 Å². The summed E-state index contributed by atoms with van der Waals surface area (Å²) < 4.78 is 6.73. The van der Waals surface area contributed by atoms with Crippen LogP contribution in [0.1, 0.15) is 43.0 Å². The molecule has 0 radical (unpaired) electrons. The normalized spacial score (nSPS) is 13.0. The van der Waals surface area contributed by atoms with Crippen LogP contribution in [0.4, 0.5) is 17.3 Å². The molecule has 0 fully saturated rings. The van der Waals surface area contributed by atoms with Gasteiger partial charge in [-0.15, -0.1) is 0 Å². The van der Waals surface area contributed by atoms with Gasteiger partial charge in [-0.05, 0) is 48.4 Å². The van der Waals surface area contributed by atoms with E-state index in [9.17, 15) is 0 Å². The summed E-state index contributed by atoms with van der Waals surface area (Å²) in [6.07, 6.45) is 3.87. The van der Waals surface area contributed by atoms with Gasteiger partial charge >= 0.3 is 0 Å². The summed E-state index contributed by atoms with van der Waals surface area (Å²) in [6.45, 7) is 13.3. The van der Waals surface area contributed by atoms with Crippen LogP contribution in [0, 0.1) is 20.8 Å². The number of aryl methyl sites for hydroxylation is 3. The molecule has 0 amide bonds. The van der Waals surface area contributed by atoms with Gasteiger partial charge in [0.2, 0.25) is 0 Å². The minimum atomic E-state index is 0.0644. The smallest absolute Gasteiger partial charge is 0.183 e. The van der Waals surface area contributed by atoms with Crippen LogP contribution in [-0.4, -0.2) is 9.97 Å². The molecule has 4 nitrogen and oxygen atoms in total. The highest BCUT2D eigenvalue weighted by Crippen LogP contribution is 2.54. The topological polar surface area (TPSA) is 38.2 Å². The molecule has 35 heavy (non-hydrogen) atoms. The predicted molar refractivity (Wildman–Crippen MR) is 145 cm³/mol. The van der Waals surface area contributed by atoms with E-state index in [-0.39, 0.29) is 5.41 Å². The summed E-state index contributed by atoms with van der Waals surface area (Å²) in [6, 6.07) is 19.1. The molecule has 0 aliphatic carbocycles. The molecule has 0 saturated carbocycles. The molecule has 1 aliphatic rings. The third kappa shape index (κ3) is 3.28. The molecule has 2 aromatic heterocycles. The van der Waals surface area contributed by atoms with Crippen LogP contribution in [0.5, 0.6) is 11.5 Å². The average Bonchev–Trinajstić information content (AvgIpc) is 2.82. The van der Waals surface area contributed by atoms with Gasteiger partial charge in [-0.1, -0.05) is 75.4 Å². The maximum absolute atomic E-state index is 6.73. The van der Waals surface area contributed by atoms with Crippen molar-refractivity contribution < 1.29 is 4.74 Å². The van der Waals surface area contributed by atoms with Gasteiger partial charge in [0.25, 0.3) is 0 Å². The first-order valence-electron chi connectivity index (χ1n) is 12.1. The standard InChI is InChI=1S/C31H29N3O/c1-18-10-9-12-22-17-33-30-28(25(18)22)35-27-24-13-8-7-11-21(24)16-32-29(27)34(30)26-19(2)14-23(15-20(26)3)31(4,5)6/h7-17H,1-6H3. The zero-order valence-electron chi connectivity index (χ0n) is 21.1. The number of rotatable bonds is 1. The summed E-state index contributed by atoms with van der Waals surface area (Å²) in [5, 5.41) is 4.25. The Morgan fingerprint density at radius 3 is 2.06 bits per heavy atom. The lowest BCUT2D eigenvalue weighted by molar-refractivity contribution is 0.482. The van der Waals surface area contributed by atoms with Gasteiger partial charge in [0.05, 0.1) is 5.69 Å². The molecule has 6 rings (SSSR count). The molecule has 1 aliphatic heterocycles. The van der Waals surface area contributed by atoms with Gasteiger partial charge in [0.15, 0.2) is 23.1 Å².